The number of hydrogen-bond acceptors (Lipinski definition) is 12. The molecule has 0 radical (unpaired) electrons. The van der Waals surface area contributed by atoms with Crippen LogP contribution in [0.1, 0.15) is 18.2 Å². The second-order valence-corrected chi connectivity index (χ2v) is 13.2. The Morgan fingerprint density at radius 2 is 1.81 bits per heavy atom. The maximum Gasteiger partial charge on any atom is 0.490 e. The quantitative estimate of drug-likeness (QED) is 0.127. The number of aryl methyl sites for hydroxylation is 1. The molecule has 1 aromatic rings. The number of aliphatic hydroxyl groups excluding tert-OH is 1. The van der Waals surface area contributed by atoms with Crippen molar-refractivity contribution in [2.24, 2.45) is 0 Å². The molecule has 0 spiro atoms. The van der Waals surface area contributed by atoms with Gasteiger partial charge in [0, 0.05) is 18.2 Å². The number of phosphoric ester groups is 1. The molecule has 0 aromatic carbocycles. The number of nitrogens with one attached hydrogen (secondary N) is 1. The van der Waals surface area contributed by atoms with Gasteiger partial charge in [0.15, 0.2) is 6.29 Å². The highest BCUT2D eigenvalue weighted by Gasteiger charge is 2.47. The minimum Gasteiger partial charge on any atom is -0.365 e. The number of aromatic amines is 1. The number of rotatable bonds is 10. The van der Waals surface area contributed by atoms with E-state index < -0.39 is 58.6 Å². The second kappa shape index (κ2) is 10.5. The molecule has 2 heterocycles. The third-order valence-electron chi connectivity index (χ3n) is 3.73. The first-order valence-electron chi connectivity index (χ1n) is 8.21. The van der Waals surface area contributed by atoms with Crippen molar-refractivity contribution in [3.05, 3.63) is 32.6 Å². The molecule has 1 saturated heterocycles. The SMILES string of the molecule is CSS[C@@H]1C[C@H](n2cc(C)c(=O)[nH]c2=O)O[C@@H]1C(O)OP(=O)(O)OP(=O)(O)OP(=O)(O)O. The standard InChI is InChI=1S/C11H19N2O14P3S2/c1-5-4-13(11(16)12-9(5)14)7-3-6(32-31-2)8(24-7)10(15)25-29(20,21)27-30(22,23)26-28(17,18)19/h4,6-8,10,15H,3H2,1-2H3,(H,20,21)(H,22,23)(H,12,14,16)(H2,17,18,19)/t6-,7-,8+,10?/m1/s1. The molecule has 32 heavy (non-hydrogen) atoms. The third kappa shape index (κ3) is 7.89. The molecule has 1 aromatic heterocycles. The molecule has 0 amide bonds. The minimum absolute atomic E-state index is 0.0817. The van der Waals surface area contributed by atoms with Gasteiger partial charge in [0.25, 0.3) is 5.56 Å². The summed E-state index contributed by atoms with van der Waals surface area (Å²) in [6.07, 6.45) is -1.66. The molecule has 0 bridgehead atoms. The molecule has 184 valence electrons. The average Bonchev–Trinajstić information content (AvgIpc) is 2.98. The van der Waals surface area contributed by atoms with Crippen LogP contribution < -0.4 is 11.2 Å². The van der Waals surface area contributed by atoms with Gasteiger partial charge >= 0.3 is 29.2 Å². The highest BCUT2D eigenvalue weighted by Crippen LogP contribution is 2.66. The van der Waals surface area contributed by atoms with Crippen molar-refractivity contribution < 1.29 is 56.3 Å². The van der Waals surface area contributed by atoms with Crippen molar-refractivity contribution in [3.8, 4) is 0 Å². The molecular formula is C11H19N2O14P3S2. The van der Waals surface area contributed by atoms with E-state index in [1.807, 2.05) is 0 Å². The molecular weight excluding hydrogens is 541 g/mol. The molecule has 1 aliphatic heterocycles. The summed E-state index contributed by atoms with van der Waals surface area (Å²) in [5, 5.41) is 9.61. The summed E-state index contributed by atoms with van der Waals surface area (Å²) < 4.78 is 52.2. The summed E-state index contributed by atoms with van der Waals surface area (Å²) in [5.41, 5.74) is -1.22. The average molecular weight is 560 g/mol. The summed E-state index contributed by atoms with van der Waals surface area (Å²) in [6, 6.07) is 0. The van der Waals surface area contributed by atoms with E-state index in [1.54, 1.807) is 6.26 Å². The zero-order chi connectivity index (χ0) is 24.5. The Morgan fingerprint density at radius 3 is 2.38 bits per heavy atom. The highest BCUT2D eigenvalue weighted by molar-refractivity contribution is 8.76. The predicted molar refractivity (Wildman–Crippen MR) is 110 cm³/mol. The van der Waals surface area contributed by atoms with Crippen LogP contribution in [-0.2, 0) is 31.6 Å². The molecule has 3 unspecified atom stereocenters. The molecule has 0 saturated carbocycles. The molecule has 6 atom stereocenters. The van der Waals surface area contributed by atoms with Crippen LogP contribution in [0.4, 0.5) is 0 Å². The minimum atomic E-state index is -5.77. The largest absolute Gasteiger partial charge is 0.490 e. The lowest BCUT2D eigenvalue weighted by atomic mass is 10.2. The monoisotopic (exact) mass is 560 g/mol. The van der Waals surface area contributed by atoms with Gasteiger partial charge in [-0.3, -0.25) is 18.9 Å². The molecule has 1 aliphatic rings. The van der Waals surface area contributed by atoms with Gasteiger partial charge in [0.1, 0.15) is 12.3 Å². The van der Waals surface area contributed by atoms with Gasteiger partial charge in [0.2, 0.25) is 0 Å². The Bertz CT molecular complexity index is 1090. The molecule has 21 heteroatoms. The smallest absolute Gasteiger partial charge is 0.365 e. The summed E-state index contributed by atoms with van der Waals surface area (Å²) in [4.78, 5) is 61.6. The first kappa shape index (κ1) is 28.0. The lowest BCUT2D eigenvalue weighted by Crippen LogP contribution is -2.36. The second-order valence-electron chi connectivity index (χ2n) is 6.16. The lowest BCUT2D eigenvalue weighted by Gasteiger charge is -2.25. The maximum atomic E-state index is 12.1. The number of aliphatic hydroxyl groups is 1. The van der Waals surface area contributed by atoms with E-state index in [4.69, 9.17) is 14.5 Å². The first-order chi connectivity index (χ1) is 14.5. The summed E-state index contributed by atoms with van der Waals surface area (Å²) in [5.74, 6) is 0. The Morgan fingerprint density at radius 1 is 1.19 bits per heavy atom. The zero-order valence-electron chi connectivity index (χ0n) is 16.1. The van der Waals surface area contributed by atoms with Gasteiger partial charge in [-0.2, -0.15) is 8.62 Å². The number of hydrogen-bond donors (Lipinski definition) is 6. The summed E-state index contributed by atoms with van der Waals surface area (Å²) >= 11 is 0. The number of aromatic nitrogens is 2. The van der Waals surface area contributed by atoms with Gasteiger partial charge in [-0.25, -0.2) is 18.5 Å². The van der Waals surface area contributed by atoms with E-state index in [-0.39, 0.29) is 12.0 Å². The van der Waals surface area contributed by atoms with E-state index in [2.05, 4.69) is 18.1 Å². The maximum absolute atomic E-state index is 12.1. The van der Waals surface area contributed by atoms with Crippen molar-refractivity contribution in [1.82, 2.24) is 9.55 Å². The fourth-order valence-electron chi connectivity index (χ4n) is 2.60. The van der Waals surface area contributed by atoms with Crippen molar-refractivity contribution in [1.29, 1.82) is 0 Å². The van der Waals surface area contributed by atoms with Crippen LogP contribution in [0.5, 0.6) is 0 Å². The summed E-state index contributed by atoms with van der Waals surface area (Å²) in [7, 11) is -14.6. The van der Waals surface area contributed by atoms with E-state index in [0.29, 0.717) is 0 Å². The molecule has 1 fully saturated rings. The Kier molecular flexibility index (Phi) is 9.21. The van der Waals surface area contributed by atoms with Crippen LogP contribution in [0.25, 0.3) is 0 Å². The summed E-state index contributed by atoms with van der Waals surface area (Å²) in [6.45, 7) is 1.44. The topological polar surface area (TPSA) is 244 Å². The van der Waals surface area contributed by atoms with Gasteiger partial charge in [-0.1, -0.05) is 21.6 Å². The van der Waals surface area contributed by atoms with Gasteiger partial charge < -0.3 is 29.4 Å². The lowest BCUT2D eigenvalue weighted by molar-refractivity contribution is -0.142. The van der Waals surface area contributed by atoms with Crippen LogP contribution in [0.15, 0.2) is 15.8 Å². The third-order valence-corrected chi connectivity index (χ3v) is 9.76. The van der Waals surface area contributed by atoms with Crippen molar-refractivity contribution in [2.45, 2.75) is 37.2 Å². The Hall–Kier alpha value is -0.290. The number of H-pyrrole nitrogens is 1. The first-order valence-corrected chi connectivity index (χ1v) is 15.3. The molecule has 6 N–H and O–H groups in total. The van der Waals surface area contributed by atoms with E-state index in [0.717, 1.165) is 15.4 Å². The van der Waals surface area contributed by atoms with Crippen molar-refractivity contribution in [2.75, 3.05) is 6.26 Å². The number of phosphoric acid groups is 3. The van der Waals surface area contributed by atoms with Crippen molar-refractivity contribution >= 4 is 45.1 Å². The fraction of sp³-hybridized carbons (Fsp3) is 0.636. The number of nitrogens with zero attached hydrogens (tertiary/aromatic N) is 1. The van der Waals surface area contributed by atoms with E-state index >= 15 is 0 Å². The molecule has 16 nitrogen and oxygen atoms in total. The van der Waals surface area contributed by atoms with Gasteiger partial charge in [-0.15, -0.1) is 0 Å². The molecule has 0 aliphatic carbocycles. The van der Waals surface area contributed by atoms with Gasteiger partial charge in [-0.05, 0) is 13.2 Å². The Labute approximate surface area is 187 Å². The predicted octanol–water partition coefficient (Wildman–Crippen LogP) is 0.174. The number of ether oxygens (including phenoxy) is 1. The van der Waals surface area contributed by atoms with Crippen molar-refractivity contribution in [3.63, 3.8) is 0 Å². The highest BCUT2D eigenvalue weighted by atomic mass is 33.1. The van der Waals surface area contributed by atoms with Crippen LogP contribution in [0.2, 0.25) is 0 Å². The van der Waals surface area contributed by atoms with Gasteiger partial charge in [0.05, 0.1) is 5.25 Å². The fourth-order valence-corrected chi connectivity index (χ4v) is 7.76. The normalized spacial score (nSPS) is 26.4. The van der Waals surface area contributed by atoms with Crippen LogP contribution in [0, 0.1) is 6.92 Å². The van der Waals surface area contributed by atoms with Crippen LogP contribution >= 0.6 is 45.1 Å². The van der Waals surface area contributed by atoms with Crippen LogP contribution in [0.3, 0.4) is 0 Å². The molecule has 2 rings (SSSR count). The zero-order valence-corrected chi connectivity index (χ0v) is 20.4. The Balaban J connectivity index is 2.19. The van der Waals surface area contributed by atoms with E-state index in [9.17, 15) is 38.2 Å². The van der Waals surface area contributed by atoms with E-state index in [1.165, 1.54) is 23.9 Å². The van der Waals surface area contributed by atoms with Crippen LogP contribution in [-0.4, -0.2) is 58.1 Å².